The fourth-order valence-electron chi connectivity index (χ4n) is 2.65. The first-order valence-electron chi connectivity index (χ1n) is 6.60. The number of hydrazine groups is 1. The van der Waals surface area contributed by atoms with Crippen molar-refractivity contribution in [2.75, 3.05) is 0 Å². The SMILES string of the molecule is CCC(CC)C(NN)c1cccc2ccncc12. The van der Waals surface area contributed by atoms with Crippen molar-refractivity contribution in [1.82, 2.24) is 10.4 Å². The van der Waals surface area contributed by atoms with Crippen molar-refractivity contribution in [2.24, 2.45) is 11.8 Å². The third-order valence-corrected chi connectivity index (χ3v) is 3.75. The van der Waals surface area contributed by atoms with Crippen LogP contribution in [0.2, 0.25) is 0 Å². The molecular weight excluding hydrogens is 222 g/mol. The van der Waals surface area contributed by atoms with Crippen molar-refractivity contribution in [3.63, 3.8) is 0 Å². The summed E-state index contributed by atoms with van der Waals surface area (Å²) in [6.07, 6.45) is 5.98. The molecule has 1 atom stereocenters. The van der Waals surface area contributed by atoms with Crippen molar-refractivity contribution < 1.29 is 0 Å². The molecule has 0 aliphatic heterocycles. The van der Waals surface area contributed by atoms with Crippen LogP contribution in [0.25, 0.3) is 10.8 Å². The van der Waals surface area contributed by atoms with E-state index in [1.165, 1.54) is 16.3 Å². The van der Waals surface area contributed by atoms with Gasteiger partial charge in [0.05, 0.1) is 0 Å². The van der Waals surface area contributed by atoms with Crippen LogP contribution in [0.5, 0.6) is 0 Å². The lowest BCUT2D eigenvalue weighted by atomic mass is 9.87. The monoisotopic (exact) mass is 243 g/mol. The number of aromatic nitrogens is 1. The lowest BCUT2D eigenvalue weighted by Crippen LogP contribution is -2.33. The van der Waals surface area contributed by atoms with Gasteiger partial charge in [-0.25, -0.2) is 0 Å². The lowest BCUT2D eigenvalue weighted by Gasteiger charge is -2.26. The van der Waals surface area contributed by atoms with E-state index in [9.17, 15) is 0 Å². The predicted molar refractivity (Wildman–Crippen MR) is 75.9 cm³/mol. The fourth-order valence-corrected chi connectivity index (χ4v) is 2.65. The molecule has 0 fully saturated rings. The summed E-state index contributed by atoms with van der Waals surface area (Å²) in [6.45, 7) is 4.42. The molecule has 96 valence electrons. The molecule has 0 radical (unpaired) electrons. The van der Waals surface area contributed by atoms with Crippen LogP contribution in [0.1, 0.15) is 38.3 Å². The third-order valence-electron chi connectivity index (χ3n) is 3.75. The Balaban J connectivity index is 2.51. The minimum Gasteiger partial charge on any atom is -0.271 e. The minimum atomic E-state index is 0.188. The normalized spacial score (nSPS) is 13.1. The zero-order valence-corrected chi connectivity index (χ0v) is 11.1. The van der Waals surface area contributed by atoms with Crippen LogP contribution in [0.4, 0.5) is 0 Å². The van der Waals surface area contributed by atoms with Crippen molar-refractivity contribution in [2.45, 2.75) is 32.7 Å². The first-order chi connectivity index (χ1) is 8.81. The van der Waals surface area contributed by atoms with E-state index in [4.69, 9.17) is 5.84 Å². The van der Waals surface area contributed by atoms with Gasteiger partial charge >= 0.3 is 0 Å². The lowest BCUT2D eigenvalue weighted by molar-refractivity contribution is 0.347. The molecule has 3 nitrogen and oxygen atoms in total. The largest absolute Gasteiger partial charge is 0.271 e. The molecule has 3 heteroatoms. The Bertz CT molecular complexity index is 501. The standard InChI is InChI=1S/C15H21N3/c1-3-11(4-2)15(18-16)13-7-5-6-12-8-9-17-10-14(12)13/h5-11,15,18H,3-4,16H2,1-2H3. The van der Waals surface area contributed by atoms with Gasteiger partial charge in [-0.05, 0) is 22.9 Å². The molecule has 0 spiro atoms. The first-order valence-corrected chi connectivity index (χ1v) is 6.60. The predicted octanol–water partition coefficient (Wildman–Crippen LogP) is 3.18. The summed E-state index contributed by atoms with van der Waals surface area (Å²) in [7, 11) is 0. The summed E-state index contributed by atoms with van der Waals surface area (Å²) >= 11 is 0. The molecule has 1 heterocycles. The molecule has 1 aromatic carbocycles. The second kappa shape index (κ2) is 5.94. The van der Waals surface area contributed by atoms with Crippen molar-refractivity contribution in [3.8, 4) is 0 Å². The van der Waals surface area contributed by atoms with Crippen LogP contribution in [-0.4, -0.2) is 4.98 Å². The highest BCUT2D eigenvalue weighted by atomic mass is 15.2. The Hall–Kier alpha value is -1.45. The molecular formula is C15H21N3. The number of nitrogens with zero attached hydrogens (tertiary/aromatic N) is 1. The summed E-state index contributed by atoms with van der Waals surface area (Å²) in [6, 6.07) is 8.57. The van der Waals surface area contributed by atoms with E-state index in [-0.39, 0.29) is 6.04 Å². The maximum atomic E-state index is 5.78. The van der Waals surface area contributed by atoms with Gasteiger partial charge in [-0.3, -0.25) is 16.3 Å². The van der Waals surface area contributed by atoms with E-state index in [2.05, 4.69) is 42.5 Å². The number of nitrogens with one attached hydrogen (secondary N) is 1. The summed E-state index contributed by atoms with van der Waals surface area (Å²) in [5.74, 6) is 6.32. The Morgan fingerprint density at radius 1 is 1.22 bits per heavy atom. The van der Waals surface area contributed by atoms with Gasteiger partial charge in [0.1, 0.15) is 0 Å². The van der Waals surface area contributed by atoms with Gasteiger partial charge in [0, 0.05) is 23.8 Å². The molecule has 0 aliphatic carbocycles. The second-order valence-electron chi connectivity index (χ2n) is 4.66. The van der Waals surface area contributed by atoms with Crippen LogP contribution < -0.4 is 11.3 Å². The molecule has 1 aromatic heterocycles. The van der Waals surface area contributed by atoms with Crippen LogP contribution >= 0.6 is 0 Å². The zero-order chi connectivity index (χ0) is 13.0. The molecule has 1 unspecified atom stereocenters. The van der Waals surface area contributed by atoms with Crippen LogP contribution in [-0.2, 0) is 0 Å². The average Bonchev–Trinajstić information content (AvgIpc) is 2.44. The second-order valence-corrected chi connectivity index (χ2v) is 4.66. The van der Waals surface area contributed by atoms with Gasteiger partial charge in [-0.15, -0.1) is 0 Å². The van der Waals surface area contributed by atoms with Crippen molar-refractivity contribution >= 4 is 10.8 Å². The van der Waals surface area contributed by atoms with Crippen molar-refractivity contribution in [3.05, 3.63) is 42.2 Å². The van der Waals surface area contributed by atoms with E-state index in [1.54, 1.807) is 0 Å². The highest BCUT2D eigenvalue weighted by Gasteiger charge is 2.20. The molecule has 0 bridgehead atoms. The van der Waals surface area contributed by atoms with Gasteiger partial charge in [0.15, 0.2) is 0 Å². The van der Waals surface area contributed by atoms with E-state index in [0.29, 0.717) is 5.92 Å². The Labute approximate surface area is 108 Å². The van der Waals surface area contributed by atoms with E-state index in [1.807, 2.05) is 18.5 Å². The number of hydrogen-bond acceptors (Lipinski definition) is 3. The molecule has 2 aromatic rings. The van der Waals surface area contributed by atoms with Gasteiger partial charge in [-0.1, -0.05) is 44.9 Å². The van der Waals surface area contributed by atoms with Crippen LogP contribution in [0.15, 0.2) is 36.7 Å². The molecule has 18 heavy (non-hydrogen) atoms. The highest BCUT2D eigenvalue weighted by Crippen LogP contribution is 2.31. The summed E-state index contributed by atoms with van der Waals surface area (Å²) in [5.41, 5.74) is 4.23. The van der Waals surface area contributed by atoms with Gasteiger partial charge < -0.3 is 0 Å². The van der Waals surface area contributed by atoms with Gasteiger partial charge in [0.2, 0.25) is 0 Å². The molecule has 3 N–H and O–H groups in total. The van der Waals surface area contributed by atoms with E-state index < -0.39 is 0 Å². The number of pyridine rings is 1. The molecule has 2 rings (SSSR count). The van der Waals surface area contributed by atoms with E-state index >= 15 is 0 Å². The number of fused-ring (bicyclic) bond motifs is 1. The molecule has 0 saturated heterocycles. The van der Waals surface area contributed by atoms with Gasteiger partial charge in [0.25, 0.3) is 0 Å². The maximum Gasteiger partial charge on any atom is 0.0494 e. The molecule has 0 aliphatic rings. The number of rotatable bonds is 5. The van der Waals surface area contributed by atoms with Crippen LogP contribution in [0.3, 0.4) is 0 Å². The Kier molecular flexibility index (Phi) is 4.28. The Morgan fingerprint density at radius 3 is 2.67 bits per heavy atom. The van der Waals surface area contributed by atoms with Crippen LogP contribution in [0, 0.1) is 5.92 Å². The smallest absolute Gasteiger partial charge is 0.0494 e. The summed E-state index contributed by atoms with van der Waals surface area (Å²) < 4.78 is 0. The number of nitrogens with two attached hydrogens (primary N) is 1. The van der Waals surface area contributed by atoms with Gasteiger partial charge in [-0.2, -0.15) is 0 Å². The maximum absolute atomic E-state index is 5.78. The molecule has 0 saturated carbocycles. The third kappa shape index (κ3) is 2.37. The van der Waals surface area contributed by atoms with E-state index in [0.717, 1.165) is 12.8 Å². The summed E-state index contributed by atoms with van der Waals surface area (Å²) in [5, 5.41) is 2.41. The minimum absolute atomic E-state index is 0.188. The highest BCUT2D eigenvalue weighted by molar-refractivity contribution is 5.85. The number of hydrogen-bond donors (Lipinski definition) is 2. The first kappa shape index (κ1) is 13.0. The quantitative estimate of drug-likeness (QED) is 0.626. The zero-order valence-electron chi connectivity index (χ0n) is 11.1. The van der Waals surface area contributed by atoms with Crippen molar-refractivity contribution in [1.29, 1.82) is 0 Å². The fraction of sp³-hybridized carbons (Fsp3) is 0.400. The Morgan fingerprint density at radius 2 is 2.00 bits per heavy atom. The topological polar surface area (TPSA) is 50.9 Å². The average molecular weight is 243 g/mol. The summed E-state index contributed by atoms with van der Waals surface area (Å²) in [4.78, 5) is 4.23. The molecule has 0 amide bonds. The number of benzene rings is 1.